The topological polar surface area (TPSA) is 87.6 Å². The molecule has 1 aliphatic heterocycles. The summed E-state index contributed by atoms with van der Waals surface area (Å²) in [5.41, 5.74) is 0.805. The van der Waals surface area contributed by atoms with Gasteiger partial charge in [-0.05, 0) is 12.1 Å². The minimum Gasteiger partial charge on any atom is -0.478 e. The van der Waals surface area contributed by atoms with Gasteiger partial charge in [0, 0.05) is 18.5 Å². The number of fused-ring (bicyclic) bond motifs is 1. The molecule has 0 amide bonds. The van der Waals surface area contributed by atoms with E-state index in [2.05, 4.69) is 4.98 Å². The number of aromatic carboxylic acids is 1. The summed E-state index contributed by atoms with van der Waals surface area (Å²) in [7, 11) is -3.02. The summed E-state index contributed by atoms with van der Waals surface area (Å²) in [5, 5.41) is 10.1. The second-order valence-electron chi connectivity index (χ2n) is 5.00. The van der Waals surface area contributed by atoms with Gasteiger partial charge in [0.15, 0.2) is 9.84 Å². The molecule has 1 aromatic heterocycles. The molecule has 21 heavy (non-hydrogen) atoms. The predicted octanol–water partition coefficient (Wildman–Crippen LogP) is 1.17. The van der Waals surface area contributed by atoms with E-state index in [1.54, 1.807) is 17.0 Å². The average Bonchev–Trinajstić information content (AvgIpc) is 2.46. The Balaban J connectivity index is 2.08. The Labute approximate surface area is 121 Å². The van der Waals surface area contributed by atoms with Crippen LogP contribution in [-0.2, 0) is 9.84 Å². The van der Waals surface area contributed by atoms with Crippen LogP contribution in [0.25, 0.3) is 10.9 Å². The van der Waals surface area contributed by atoms with Gasteiger partial charge in [-0.1, -0.05) is 18.2 Å². The number of nitrogens with zero attached hydrogens (tertiary/aromatic N) is 2. The van der Waals surface area contributed by atoms with Gasteiger partial charge in [-0.3, -0.25) is 0 Å². The molecule has 1 aliphatic rings. The highest BCUT2D eigenvalue weighted by Gasteiger charge is 2.26. The molecule has 1 aromatic carbocycles. The monoisotopic (exact) mass is 306 g/mol. The van der Waals surface area contributed by atoms with Crippen LogP contribution in [0.2, 0.25) is 0 Å². The van der Waals surface area contributed by atoms with Gasteiger partial charge in [0.1, 0.15) is 11.4 Å². The highest BCUT2D eigenvalue weighted by atomic mass is 32.2. The van der Waals surface area contributed by atoms with Crippen LogP contribution < -0.4 is 4.90 Å². The summed E-state index contributed by atoms with van der Waals surface area (Å²) < 4.78 is 23.0. The molecule has 0 bridgehead atoms. The van der Waals surface area contributed by atoms with E-state index in [0.29, 0.717) is 11.3 Å². The Morgan fingerprint density at radius 2 is 1.86 bits per heavy atom. The molecule has 0 aliphatic carbocycles. The van der Waals surface area contributed by atoms with Crippen molar-refractivity contribution in [1.82, 2.24) is 4.98 Å². The molecule has 2 heterocycles. The number of aromatic nitrogens is 1. The van der Waals surface area contributed by atoms with Crippen molar-refractivity contribution in [2.45, 2.75) is 0 Å². The molecule has 1 fully saturated rings. The zero-order valence-electron chi connectivity index (χ0n) is 11.2. The van der Waals surface area contributed by atoms with Crippen molar-refractivity contribution in [3.63, 3.8) is 0 Å². The number of hydrogen-bond acceptors (Lipinski definition) is 5. The molecule has 1 N–H and O–H groups in total. The second kappa shape index (κ2) is 5.00. The number of rotatable bonds is 2. The van der Waals surface area contributed by atoms with Crippen LogP contribution in [0.3, 0.4) is 0 Å². The Kier molecular flexibility index (Phi) is 3.29. The number of hydrogen-bond donors (Lipinski definition) is 1. The fourth-order valence-electron chi connectivity index (χ4n) is 2.43. The van der Waals surface area contributed by atoms with E-state index in [-0.39, 0.29) is 30.2 Å². The lowest BCUT2D eigenvalue weighted by Crippen LogP contribution is -2.41. The number of sulfone groups is 1. The second-order valence-corrected chi connectivity index (χ2v) is 7.30. The lowest BCUT2D eigenvalue weighted by atomic mass is 10.1. The van der Waals surface area contributed by atoms with E-state index < -0.39 is 15.8 Å². The summed E-state index contributed by atoms with van der Waals surface area (Å²) in [6.07, 6.45) is 0. The largest absolute Gasteiger partial charge is 0.478 e. The average molecular weight is 306 g/mol. The van der Waals surface area contributed by atoms with Crippen molar-refractivity contribution in [2.75, 3.05) is 29.5 Å². The van der Waals surface area contributed by atoms with Gasteiger partial charge >= 0.3 is 5.97 Å². The highest BCUT2D eigenvalue weighted by Crippen LogP contribution is 2.25. The van der Waals surface area contributed by atoms with E-state index in [4.69, 9.17) is 0 Å². The van der Waals surface area contributed by atoms with Crippen LogP contribution in [-0.4, -0.2) is 49.1 Å². The van der Waals surface area contributed by atoms with Gasteiger partial charge in [0.2, 0.25) is 0 Å². The maximum atomic E-state index is 11.5. The van der Waals surface area contributed by atoms with Crippen LogP contribution in [0.5, 0.6) is 0 Å². The SMILES string of the molecule is O=C(O)c1cc2ccccc2nc1N1CCS(=O)(=O)CC1. The number of carboxylic acid groups (broad SMARTS) is 1. The maximum absolute atomic E-state index is 11.5. The first-order chi connectivity index (χ1) is 9.96. The quantitative estimate of drug-likeness (QED) is 0.896. The Morgan fingerprint density at radius 3 is 2.52 bits per heavy atom. The summed E-state index contributed by atoms with van der Waals surface area (Å²) in [5.74, 6) is -0.658. The molecule has 110 valence electrons. The Bertz CT molecular complexity index is 803. The normalized spacial score (nSPS) is 17.8. The van der Waals surface area contributed by atoms with E-state index in [0.717, 1.165) is 5.39 Å². The fraction of sp³-hybridized carbons (Fsp3) is 0.286. The molecule has 2 aromatic rings. The predicted molar refractivity (Wildman–Crippen MR) is 79.6 cm³/mol. The maximum Gasteiger partial charge on any atom is 0.339 e. The first kappa shape index (κ1) is 13.8. The van der Waals surface area contributed by atoms with Gasteiger partial charge in [0.25, 0.3) is 0 Å². The van der Waals surface area contributed by atoms with Gasteiger partial charge < -0.3 is 10.0 Å². The molecule has 1 saturated heterocycles. The Hall–Kier alpha value is -2.15. The summed E-state index contributed by atoms with van der Waals surface area (Å²) in [6, 6.07) is 8.86. The number of para-hydroxylation sites is 1. The smallest absolute Gasteiger partial charge is 0.339 e. The lowest BCUT2D eigenvalue weighted by molar-refractivity contribution is 0.0697. The van der Waals surface area contributed by atoms with E-state index in [9.17, 15) is 18.3 Å². The zero-order valence-corrected chi connectivity index (χ0v) is 12.0. The van der Waals surface area contributed by atoms with Gasteiger partial charge in [0.05, 0.1) is 17.0 Å². The number of anilines is 1. The molecule has 6 nitrogen and oxygen atoms in total. The van der Waals surface area contributed by atoms with Crippen molar-refractivity contribution in [3.05, 3.63) is 35.9 Å². The third kappa shape index (κ3) is 2.69. The van der Waals surface area contributed by atoms with E-state index in [1.807, 2.05) is 18.2 Å². The van der Waals surface area contributed by atoms with Gasteiger partial charge in [-0.2, -0.15) is 0 Å². The molecule has 0 unspecified atom stereocenters. The third-order valence-electron chi connectivity index (χ3n) is 3.58. The van der Waals surface area contributed by atoms with Crippen molar-refractivity contribution >= 4 is 32.5 Å². The van der Waals surface area contributed by atoms with Crippen molar-refractivity contribution in [3.8, 4) is 0 Å². The van der Waals surface area contributed by atoms with Crippen molar-refractivity contribution < 1.29 is 18.3 Å². The molecule has 0 atom stereocenters. The molecule has 0 radical (unpaired) electrons. The third-order valence-corrected chi connectivity index (χ3v) is 5.19. The van der Waals surface area contributed by atoms with E-state index >= 15 is 0 Å². The summed E-state index contributed by atoms with van der Waals surface area (Å²) in [6.45, 7) is 0.544. The van der Waals surface area contributed by atoms with Crippen LogP contribution in [0.4, 0.5) is 5.82 Å². The molecular formula is C14H14N2O4S. The first-order valence-corrected chi connectivity index (χ1v) is 8.37. The van der Waals surface area contributed by atoms with Crippen LogP contribution in [0.15, 0.2) is 30.3 Å². The van der Waals surface area contributed by atoms with Crippen LogP contribution >= 0.6 is 0 Å². The Morgan fingerprint density at radius 1 is 1.19 bits per heavy atom. The zero-order chi connectivity index (χ0) is 15.0. The molecular weight excluding hydrogens is 292 g/mol. The number of pyridine rings is 1. The fourth-order valence-corrected chi connectivity index (χ4v) is 3.63. The summed E-state index contributed by atoms with van der Waals surface area (Å²) in [4.78, 5) is 17.6. The van der Waals surface area contributed by atoms with Gasteiger partial charge in [-0.15, -0.1) is 0 Å². The van der Waals surface area contributed by atoms with E-state index in [1.165, 1.54) is 0 Å². The number of carbonyl (C=O) groups is 1. The number of carboxylic acids is 1. The highest BCUT2D eigenvalue weighted by molar-refractivity contribution is 7.91. The first-order valence-electron chi connectivity index (χ1n) is 6.55. The standard InChI is InChI=1S/C14H14N2O4S/c17-14(18)11-9-10-3-1-2-4-12(10)15-13(11)16-5-7-21(19,20)8-6-16/h1-4,9H,5-8H2,(H,17,18). The van der Waals surface area contributed by atoms with Crippen molar-refractivity contribution in [2.24, 2.45) is 0 Å². The van der Waals surface area contributed by atoms with Crippen LogP contribution in [0.1, 0.15) is 10.4 Å². The minimum absolute atomic E-state index is 0.0283. The molecule has 3 rings (SSSR count). The minimum atomic E-state index is -3.02. The molecule has 0 saturated carbocycles. The van der Waals surface area contributed by atoms with Crippen LogP contribution in [0, 0.1) is 0 Å². The van der Waals surface area contributed by atoms with Crippen molar-refractivity contribution in [1.29, 1.82) is 0 Å². The summed E-state index contributed by atoms with van der Waals surface area (Å²) >= 11 is 0. The molecule has 7 heteroatoms. The van der Waals surface area contributed by atoms with Gasteiger partial charge in [-0.25, -0.2) is 18.2 Å². The number of benzene rings is 1. The lowest BCUT2D eigenvalue weighted by Gasteiger charge is -2.28. The molecule has 0 spiro atoms.